The van der Waals surface area contributed by atoms with Crippen LogP contribution < -0.4 is 11.1 Å². The predicted molar refractivity (Wildman–Crippen MR) is 86.5 cm³/mol. The van der Waals surface area contributed by atoms with Crippen molar-refractivity contribution in [2.75, 3.05) is 5.32 Å². The number of amides is 1. The fourth-order valence-electron chi connectivity index (χ4n) is 1.87. The number of hydrogen-bond acceptors (Lipinski definition) is 3. The van der Waals surface area contributed by atoms with Crippen LogP contribution in [0, 0.1) is 0 Å². The molecule has 21 heavy (non-hydrogen) atoms. The monoisotopic (exact) mass is 308 g/mol. The number of halogens is 1. The summed E-state index contributed by atoms with van der Waals surface area (Å²) >= 11 is 0. The highest BCUT2D eigenvalue weighted by Gasteiger charge is 2.06. The molecule has 2 aromatic rings. The van der Waals surface area contributed by atoms with Crippen LogP contribution in [-0.4, -0.2) is 21.7 Å². The van der Waals surface area contributed by atoms with Gasteiger partial charge < -0.3 is 11.1 Å². The first-order chi connectivity index (χ1) is 9.63. The van der Waals surface area contributed by atoms with Crippen LogP contribution in [0.2, 0.25) is 0 Å². The Morgan fingerprint density at radius 2 is 2.10 bits per heavy atom. The molecule has 0 radical (unpaired) electrons. The summed E-state index contributed by atoms with van der Waals surface area (Å²) in [5.41, 5.74) is 7.52. The van der Waals surface area contributed by atoms with E-state index in [9.17, 15) is 4.79 Å². The number of rotatable bonds is 6. The maximum atomic E-state index is 11.7. The van der Waals surface area contributed by atoms with Crippen molar-refractivity contribution < 1.29 is 4.79 Å². The van der Waals surface area contributed by atoms with Gasteiger partial charge in [0.2, 0.25) is 5.91 Å². The molecular weight excluding hydrogens is 288 g/mol. The van der Waals surface area contributed by atoms with E-state index in [2.05, 4.69) is 10.4 Å². The Labute approximate surface area is 130 Å². The zero-order valence-electron chi connectivity index (χ0n) is 12.0. The Bertz CT molecular complexity index is 554. The summed E-state index contributed by atoms with van der Waals surface area (Å²) in [5.74, 6) is -0.0263. The topological polar surface area (TPSA) is 72.9 Å². The molecule has 6 heteroatoms. The molecule has 0 saturated heterocycles. The largest absolute Gasteiger partial charge is 0.328 e. The minimum atomic E-state index is -0.0263. The molecule has 1 atom stereocenters. The number of nitrogens with zero attached hydrogens (tertiary/aromatic N) is 2. The van der Waals surface area contributed by atoms with E-state index in [1.807, 2.05) is 43.5 Å². The van der Waals surface area contributed by atoms with E-state index < -0.39 is 0 Å². The molecule has 1 unspecified atom stereocenters. The van der Waals surface area contributed by atoms with Crippen molar-refractivity contribution in [2.45, 2.75) is 32.4 Å². The molecule has 114 valence electrons. The third-order valence-electron chi connectivity index (χ3n) is 2.93. The zero-order chi connectivity index (χ0) is 14.4. The Hall–Kier alpha value is -1.85. The van der Waals surface area contributed by atoms with Crippen LogP contribution in [0.4, 0.5) is 5.69 Å². The molecule has 0 spiro atoms. The smallest absolute Gasteiger partial charge is 0.224 e. The van der Waals surface area contributed by atoms with Gasteiger partial charge in [0.1, 0.15) is 0 Å². The lowest BCUT2D eigenvalue weighted by Gasteiger charge is -2.04. The molecular formula is C15H21ClN4O. The number of nitrogens with two attached hydrogens (primary N) is 1. The molecule has 1 aromatic heterocycles. The van der Waals surface area contributed by atoms with Crippen molar-refractivity contribution in [3.63, 3.8) is 0 Å². The summed E-state index contributed by atoms with van der Waals surface area (Å²) in [7, 11) is 0. The number of carbonyl (C=O) groups excluding carboxylic acids is 1. The molecule has 0 fully saturated rings. The Balaban J connectivity index is 0.00000220. The van der Waals surface area contributed by atoms with Crippen molar-refractivity contribution in [1.82, 2.24) is 9.78 Å². The van der Waals surface area contributed by atoms with Gasteiger partial charge in [-0.1, -0.05) is 30.3 Å². The highest BCUT2D eigenvalue weighted by atomic mass is 35.5. The van der Waals surface area contributed by atoms with Crippen molar-refractivity contribution in [2.24, 2.45) is 5.73 Å². The van der Waals surface area contributed by atoms with Crippen molar-refractivity contribution in [3.05, 3.63) is 48.3 Å². The van der Waals surface area contributed by atoms with Crippen LogP contribution >= 0.6 is 12.4 Å². The lowest BCUT2D eigenvalue weighted by atomic mass is 10.2. The molecule has 5 nitrogen and oxygen atoms in total. The number of benzene rings is 1. The molecule has 1 aromatic carbocycles. The Morgan fingerprint density at radius 1 is 1.38 bits per heavy atom. The highest BCUT2D eigenvalue weighted by Crippen LogP contribution is 2.09. The van der Waals surface area contributed by atoms with E-state index in [4.69, 9.17) is 5.73 Å². The average Bonchev–Trinajstić information content (AvgIpc) is 2.85. The second-order valence-corrected chi connectivity index (χ2v) is 4.98. The number of anilines is 1. The van der Waals surface area contributed by atoms with Gasteiger partial charge in [-0.15, -0.1) is 12.4 Å². The standard InChI is InChI=1S/C15H20N4O.ClH/c1-12(16)7-8-15(20)18-14-9-17-19(11-14)10-13-5-3-2-4-6-13;/h2-6,9,11-12H,7-8,10,16H2,1H3,(H,18,20);1H. The van der Waals surface area contributed by atoms with E-state index in [0.717, 1.165) is 5.69 Å². The second-order valence-electron chi connectivity index (χ2n) is 4.98. The van der Waals surface area contributed by atoms with Gasteiger partial charge in [0.25, 0.3) is 0 Å². The first-order valence-electron chi connectivity index (χ1n) is 6.75. The van der Waals surface area contributed by atoms with E-state index in [-0.39, 0.29) is 24.4 Å². The second kappa shape index (κ2) is 8.44. The van der Waals surface area contributed by atoms with Crippen LogP contribution in [-0.2, 0) is 11.3 Å². The predicted octanol–water partition coefficient (Wildman–Crippen LogP) is 2.42. The quantitative estimate of drug-likeness (QED) is 0.860. The molecule has 2 rings (SSSR count). The van der Waals surface area contributed by atoms with Gasteiger partial charge in [-0.25, -0.2) is 0 Å². The van der Waals surface area contributed by atoms with Crippen molar-refractivity contribution in [1.29, 1.82) is 0 Å². The SMILES string of the molecule is CC(N)CCC(=O)Nc1cnn(Cc2ccccc2)c1.Cl. The maximum absolute atomic E-state index is 11.7. The fraction of sp³-hybridized carbons (Fsp3) is 0.333. The number of hydrogen-bond donors (Lipinski definition) is 2. The van der Waals surface area contributed by atoms with Crippen LogP contribution in [0.3, 0.4) is 0 Å². The van der Waals surface area contributed by atoms with Gasteiger partial charge in [-0.3, -0.25) is 9.48 Å². The minimum absolute atomic E-state index is 0. The molecule has 0 aliphatic rings. The lowest BCUT2D eigenvalue weighted by molar-refractivity contribution is -0.116. The summed E-state index contributed by atoms with van der Waals surface area (Å²) in [6.45, 7) is 2.59. The number of nitrogens with one attached hydrogen (secondary N) is 1. The Morgan fingerprint density at radius 3 is 2.76 bits per heavy atom. The van der Waals surface area contributed by atoms with E-state index in [1.54, 1.807) is 10.9 Å². The first kappa shape index (κ1) is 17.2. The molecule has 0 bridgehead atoms. The Kier molecular flexibility index (Phi) is 6.91. The first-order valence-corrected chi connectivity index (χ1v) is 6.75. The van der Waals surface area contributed by atoms with Gasteiger partial charge in [0, 0.05) is 18.7 Å². The summed E-state index contributed by atoms with van der Waals surface area (Å²) in [6, 6.07) is 10.1. The average molecular weight is 309 g/mol. The van der Waals surface area contributed by atoms with E-state index in [0.29, 0.717) is 19.4 Å². The summed E-state index contributed by atoms with van der Waals surface area (Å²) in [5, 5.41) is 7.06. The van der Waals surface area contributed by atoms with Crippen LogP contribution in [0.5, 0.6) is 0 Å². The summed E-state index contributed by atoms with van der Waals surface area (Å²) in [4.78, 5) is 11.7. The minimum Gasteiger partial charge on any atom is -0.328 e. The molecule has 3 N–H and O–H groups in total. The van der Waals surface area contributed by atoms with Gasteiger partial charge in [0.15, 0.2) is 0 Å². The van der Waals surface area contributed by atoms with Gasteiger partial charge >= 0.3 is 0 Å². The van der Waals surface area contributed by atoms with Crippen LogP contribution in [0.25, 0.3) is 0 Å². The highest BCUT2D eigenvalue weighted by molar-refractivity contribution is 5.90. The summed E-state index contributed by atoms with van der Waals surface area (Å²) < 4.78 is 1.80. The fourth-order valence-corrected chi connectivity index (χ4v) is 1.87. The normalized spacial score (nSPS) is 11.5. The zero-order valence-corrected chi connectivity index (χ0v) is 12.8. The van der Waals surface area contributed by atoms with Crippen molar-refractivity contribution in [3.8, 4) is 0 Å². The molecule has 0 saturated carbocycles. The summed E-state index contributed by atoms with van der Waals surface area (Å²) in [6.07, 6.45) is 4.61. The molecule has 1 amide bonds. The van der Waals surface area contributed by atoms with Gasteiger partial charge in [-0.2, -0.15) is 5.10 Å². The molecule has 1 heterocycles. The third-order valence-corrected chi connectivity index (χ3v) is 2.93. The van der Waals surface area contributed by atoms with Gasteiger partial charge in [0.05, 0.1) is 18.4 Å². The van der Waals surface area contributed by atoms with Crippen molar-refractivity contribution >= 4 is 24.0 Å². The molecule has 0 aliphatic carbocycles. The van der Waals surface area contributed by atoms with Gasteiger partial charge in [-0.05, 0) is 18.9 Å². The lowest BCUT2D eigenvalue weighted by Crippen LogP contribution is -2.19. The van der Waals surface area contributed by atoms with E-state index in [1.165, 1.54) is 5.56 Å². The maximum Gasteiger partial charge on any atom is 0.224 e. The molecule has 0 aliphatic heterocycles. The number of aromatic nitrogens is 2. The van der Waals surface area contributed by atoms with Crippen LogP contribution in [0.15, 0.2) is 42.7 Å². The van der Waals surface area contributed by atoms with E-state index >= 15 is 0 Å². The number of carbonyl (C=O) groups is 1. The van der Waals surface area contributed by atoms with Crippen LogP contribution in [0.1, 0.15) is 25.3 Å². The third kappa shape index (κ3) is 5.97.